The molecule has 0 radical (unpaired) electrons. The Morgan fingerprint density at radius 3 is 2.33 bits per heavy atom. The van der Waals surface area contributed by atoms with E-state index in [0.717, 1.165) is 15.6 Å². The van der Waals surface area contributed by atoms with Gasteiger partial charge in [0, 0.05) is 4.47 Å². The number of hydrogen-bond donors (Lipinski definition) is 1. The zero-order valence-corrected chi connectivity index (χ0v) is 13.8. The van der Waals surface area contributed by atoms with Crippen molar-refractivity contribution in [2.45, 2.75) is 18.7 Å². The van der Waals surface area contributed by atoms with Crippen LogP contribution in [0.15, 0.2) is 46.9 Å². The lowest BCUT2D eigenvalue weighted by Gasteiger charge is -2.32. The zero-order chi connectivity index (χ0) is 17.5. The number of ether oxygens (including phenoxy) is 1. The molecule has 1 N–H and O–H groups in total. The number of carboxylic acids is 1. The first-order chi connectivity index (χ1) is 11.3. The minimum atomic E-state index is -4.73. The minimum absolute atomic E-state index is 0.0793. The quantitative estimate of drug-likeness (QED) is 0.795. The number of alkyl halides is 3. The fourth-order valence-corrected chi connectivity index (χ4v) is 3.01. The molecule has 0 aromatic heterocycles. The van der Waals surface area contributed by atoms with Gasteiger partial charge in [-0.05, 0) is 47.4 Å². The maximum atomic E-state index is 13.0. The molecule has 0 saturated heterocycles. The summed E-state index contributed by atoms with van der Waals surface area (Å²) in [5.74, 6) is -3.09. The molecule has 24 heavy (non-hydrogen) atoms. The molecule has 0 unspecified atom stereocenters. The van der Waals surface area contributed by atoms with E-state index in [1.807, 2.05) is 24.3 Å². The number of hydrogen-bond acceptors (Lipinski definition) is 2. The number of carboxylic acid groups (broad SMARTS) is 1. The van der Waals surface area contributed by atoms with Crippen molar-refractivity contribution in [3.05, 3.63) is 52.5 Å². The number of halogens is 4. The van der Waals surface area contributed by atoms with Crippen molar-refractivity contribution < 1.29 is 27.8 Å². The molecule has 0 amide bonds. The molecule has 2 aromatic carbocycles. The van der Waals surface area contributed by atoms with Gasteiger partial charge in [0.15, 0.2) is 0 Å². The number of fused-ring (bicyclic) bond motifs is 1. The minimum Gasteiger partial charge on any atom is -0.481 e. The van der Waals surface area contributed by atoms with Crippen LogP contribution in [0.4, 0.5) is 13.2 Å². The Kier molecular flexibility index (Phi) is 4.29. The van der Waals surface area contributed by atoms with E-state index in [-0.39, 0.29) is 12.2 Å². The number of rotatable bonds is 2. The molecule has 1 heterocycles. The third-order valence-corrected chi connectivity index (χ3v) is 4.47. The highest BCUT2D eigenvalue weighted by Crippen LogP contribution is 2.40. The van der Waals surface area contributed by atoms with Crippen molar-refractivity contribution in [2.75, 3.05) is 0 Å². The van der Waals surface area contributed by atoms with Crippen LogP contribution in [0.3, 0.4) is 0 Å². The van der Waals surface area contributed by atoms with Crippen LogP contribution in [0, 0.1) is 5.92 Å². The second kappa shape index (κ2) is 6.12. The van der Waals surface area contributed by atoms with E-state index in [1.165, 1.54) is 6.07 Å². The lowest BCUT2D eigenvalue weighted by atomic mass is 9.88. The van der Waals surface area contributed by atoms with E-state index in [2.05, 4.69) is 15.9 Å². The highest BCUT2D eigenvalue weighted by atomic mass is 79.9. The Bertz CT molecular complexity index is 772. The number of carbonyl (C=O) groups is 1. The standard InChI is InChI=1S/C17H12BrF3O3/c18-12-4-1-9(2-5-12)10-3-6-14-11(7-10)8-13(16(22)23)15(24-14)17(19,20)21/h1-7,13,15H,8H2,(H,22,23)/t13-,15+/m1/s1. The lowest BCUT2D eigenvalue weighted by Crippen LogP contribution is -2.47. The van der Waals surface area contributed by atoms with E-state index in [4.69, 9.17) is 9.84 Å². The molecule has 0 spiro atoms. The van der Waals surface area contributed by atoms with Gasteiger partial charge in [0.05, 0.1) is 0 Å². The van der Waals surface area contributed by atoms with Gasteiger partial charge in [-0.2, -0.15) is 13.2 Å². The molecular weight excluding hydrogens is 389 g/mol. The Morgan fingerprint density at radius 1 is 1.12 bits per heavy atom. The second-order valence-electron chi connectivity index (χ2n) is 5.56. The molecule has 3 rings (SSSR count). The molecule has 3 nitrogen and oxygen atoms in total. The molecular formula is C17H12BrF3O3. The molecule has 7 heteroatoms. The van der Waals surface area contributed by atoms with Gasteiger partial charge in [0.25, 0.3) is 0 Å². The SMILES string of the molecule is O=C(O)[C@@H]1Cc2cc(-c3ccc(Br)cc3)ccc2O[C@@H]1C(F)(F)F. The third-order valence-electron chi connectivity index (χ3n) is 3.94. The molecule has 2 atom stereocenters. The maximum Gasteiger partial charge on any atom is 0.426 e. The summed E-state index contributed by atoms with van der Waals surface area (Å²) in [6, 6.07) is 12.2. The van der Waals surface area contributed by atoms with E-state index in [0.29, 0.717) is 5.56 Å². The maximum absolute atomic E-state index is 13.0. The summed E-state index contributed by atoms with van der Waals surface area (Å²) in [7, 11) is 0. The molecule has 0 aliphatic carbocycles. The summed E-state index contributed by atoms with van der Waals surface area (Å²) in [6.45, 7) is 0. The first-order valence-corrected chi connectivity index (χ1v) is 7.90. The van der Waals surface area contributed by atoms with Crippen LogP contribution >= 0.6 is 15.9 Å². The first-order valence-electron chi connectivity index (χ1n) is 7.11. The topological polar surface area (TPSA) is 46.5 Å². The molecule has 0 saturated carbocycles. The third kappa shape index (κ3) is 3.26. The van der Waals surface area contributed by atoms with Gasteiger partial charge in [-0.1, -0.05) is 34.1 Å². The monoisotopic (exact) mass is 400 g/mol. The molecule has 1 aliphatic rings. The van der Waals surface area contributed by atoms with Crippen molar-refractivity contribution in [2.24, 2.45) is 5.92 Å². The normalized spacial score (nSPS) is 20.2. The van der Waals surface area contributed by atoms with E-state index < -0.39 is 24.2 Å². The van der Waals surface area contributed by atoms with Crippen LogP contribution in [0.1, 0.15) is 5.56 Å². The lowest BCUT2D eigenvalue weighted by molar-refractivity contribution is -0.217. The predicted molar refractivity (Wildman–Crippen MR) is 84.9 cm³/mol. The van der Waals surface area contributed by atoms with E-state index in [9.17, 15) is 18.0 Å². The van der Waals surface area contributed by atoms with Crippen molar-refractivity contribution in [3.63, 3.8) is 0 Å². The van der Waals surface area contributed by atoms with Crippen molar-refractivity contribution in [1.82, 2.24) is 0 Å². The predicted octanol–water partition coefficient (Wildman–Crippen LogP) is 4.68. The van der Waals surface area contributed by atoms with Gasteiger partial charge in [-0.15, -0.1) is 0 Å². The van der Waals surface area contributed by atoms with Gasteiger partial charge >= 0.3 is 12.1 Å². The average molecular weight is 401 g/mol. The van der Waals surface area contributed by atoms with Crippen LogP contribution in [-0.2, 0) is 11.2 Å². The summed E-state index contributed by atoms with van der Waals surface area (Å²) in [5, 5.41) is 9.13. The van der Waals surface area contributed by atoms with E-state index >= 15 is 0 Å². The fraction of sp³-hybridized carbons (Fsp3) is 0.235. The zero-order valence-electron chi connectivity index (χ0n) is 12.2. The average Bonchev–Trinajstić information content (AvgIpc) is 2.53. The highest BCUT2D eigenvalue weighted by Gasteiger charge is 2.52. The highest BCUT2D eigenvalue weighted by molar-refractivity contribution is 9.10. The Labute approximate surface area is 144 Å². The first kappa shape index (κ1) is 16.8. The molecule has 0 fully saturated rings. The molecule has 0 bridgehead atoms. The largest absolute Gasteiger partial charge is 0.481 e. The number of aliphatic carboxylic acids is 1. The van der Waals surface area contributed by atoms with Gasteiger partial charge in [-0.3, -0.25) is 4.79 Å². The summed E-state index contributed by atoms with van der Waals surface area (Å²) >= 11 is 3.34. The van der Waals surface area contributed by atoms with Crippen molar-refractivity contribution in [1.29, 1.82) is 0 Å². The summed E-state index contributed by atoms with van der Waals surface area (Å²) in [4.78, 5) is 11.2. The van der Waals surface area contributed by atoms with E-state index in [1.54, 1.807) is 12.1 Å². The Morgan fingerprint density at radius 2 is 1.75 bits per heavy atom. The fourth-order valence-electron chi connectivity index (χ4n) is 2.75. The Balaban J connectivity index is 1.98. The van der Waals surface area contributed by atoms with Crippen LogP contribution < -0.4 is 4.74 Å². The van der Waals surface area contributed by atoms with Crippen LogP contribution in [0.25, 0.3) is 11.1 Å². The van der Waals surface area contributed by atoms with Crippen LogP contribution in [0.5, 0.6) is 5.75 Å². The van der Waals surface area contributed by atoms with Crippen LogP contribution in [-0.4, -0.2) is 23.4 Å². The van der Waals surface area contributed by atoms with Gasteiger partial charge < -0.3 is 9.84 Å². The van der Waals surface area contributed by atoms with Gasteiger partial charge in [-0.25, -0.2) is 0 Å². The van der Waals surface area contributed by atoms with Crippen LogP contribution in [0.2, 0.25) is 0 Å². The summed E-state index contributed by atoms with van der Waals surface area (Å²) in [5.41, 5.74) is 2.13. The number of benzene rings is 2. The van der Waals surface area contributed by atoms with Crippen molar-refractivity contribution >= 4 is 21.9 Å². The summed E-state index contributed by atoms with van der Waals surface area (Å²) in [6.07, 6.45) is -7.29. The molecule has 2 aromatic rings. The smallest absolute Gasteiger partial charge is 0.426 e. The second-order valence-corrected chi connectivity index (χ2v) is 6.47. The van der Waals surface area contributed by atoms with Crippen molar-refractivity contribution in [3.8, 4) is 16.9 Å². The Hall–Kier alpha value is -2.02. The molecule has 126 valence electrons. The van der Waals surface area contributed by atoms with Gasteiger partial charge in [0.1, 0.15) is 11.7 Å². The van der Waals surface area contributed by atoms with Gasteiger partial charge in [0.2, 0.25) is 6.10 Å². The molecule has 1 aliphatic heterocycles. The summed E-state index contributed by atoms with van der Waals surface area (Å²) < 4.78 is 45.0.